The van der Waals surface area contributed by atoms with Crippen molar-refractivity contribution in [3.8, 4) is 5.75 Å². The molecule has 0 aliphatic rings. The van der Waals surface area contributed by atoms with Gasteiger partial charge in [-0.2, -0.15) is 0 Å². The molecule has 0 unspecified atom stereocenters. The molecule has 8 nitrogen and oxygen atoms in total. The van der Waals surface area contributed by atoms with Crippen molar-refractivity contribution in [1.29, 1.82) is 0 Å². The molecule has 3 rings (SSSR count). The topological polar surface area (TPSA) is 96.0 Å². The molecule has 3 aromatic carbocycles. The predicted octanol–water partition coefficient (Wildman–Crippen LogP) is 5.15. The molecule has 0 spiro atoms. The van der Waals surface area contributed by atoms with E-state index in [1.54, 1.807) is 56.5 Å². The van der Waals surface area contributed by atoms with Crippen molar-refractivity contribution in [3.05, 3.63) is 89.0 Å². The summed E-state index contributed by atoms with van der Waals surface area (Å²) >= 11 is 0. The van der Waals surface area contributed by atoms with E-state index < -0.39 is 34.1 Å². The van der Waals surface area contributed by atoms with Gasteiger partial charge in [-0.05, 0) is 102 Å². The molecule has 0 radical (unpaired) electrons. The Balaban J connectivity index is 2.07. The summed E-state index contributed by atoms with van der Waals surface area (Å²) in [5, 5.41) is 2.93. The van der Waals surface area contributed by atoms with Gasteiger partial charge in [-0.3, -0.25) is 13.9 Å². The van der Waals surface area contributed by atoms with E-state index >= 15 is 0 Å². The molecule has 0 bridgehead atoms. The molecule has 41 heavy (non-hydrogen) atoms. The molecule has 2 amide bonds. The molecular weight excluding hydrogens is 538 g/mol. The van der Waals surface area contributed by atoms with Crippen molar-refractivity contribution < 1.29 is 22.7 Å². The van der Waals surface area contributed by atoms with E-state index in [0.717, 1.165) is 26.6 Å². The number of hydrogen-bond donors (Lipinski definition) is 1. The van der Waals surface area contributed by atoms with Crippen LogP contribution in [0.4, 0.5) is 5.69 Å². The Labute approximate surface area is 244 Å². The highest BCUT2D eigenvalue weighted by molar-refractivity contribution is 7.92. The summed E-state index contributed by atoms with van der Waals surface area (Å²) in [6, 6.07) is 18.2. The molecule has 1 N–H and O–H groups in total. The summed E-state index contributed by atoms with van der Waals surface area (Å²) < 4.78 is 34.5. The highest BCUT2D eigenvalue weighted by atomic mass is 32.2. The highest BCUT2D eigenvalue weighted by Gasteiger charge is 2.33. The van der Waals surface area contributed by atoms with Crippen LogP contribution < -0.4 is 14.4 Å². The van der Waals surface area contributed by atoms with Gasteiger partial charge in [0, 0.05) is 12.1 Å². The maximum atomic E-state index is 14.1. The van der Waals surface area contributed by atoms with Crippen molar-refractivity contribution >= 4 is 27.5 Å². The molecule has 0 saturated heterocycles. The number of methoxy groups -OCH3 is 1. The second-order valence-electron chi connectivity index (χ2n) is 11.4. The molecule has 0 saturated carbocycles. The van der Waals surface area contributed by atoms with Crippen LogP contribution in [-0.4, -0.2) is 50.4 Å². The van der Waals surface area contributed by atoms with Crippen LogP contribution in [0.3, 0.4) is 0 Å². The summed E-state index contributed by atoms with van der Waals surface area (Å²) in [5.74, 6) is -0.244. The molecule has 0 fully saturated rings. The molecular formula is C32H41N3O5S. The summed E-state index contributed by atoms with van der Waals surface area (Å²) in [5.41, 5.74) is 3.41. The van der Waals surface area contributed by atoms with Gasteiger partial charge in [-0.15, -0.1) is 0 Å². The third kappa shape index (κ3) is 8.10. The molecule has 0 aliphatic heterocycles. The average molecular weight is 580 g/mol. The summed E-state index contributed by atoms with van der Waals surface area (Å²) in [6.45, 7) is 12.5. The monoisotopic (exact) mass is 579 g/mol. The number of benzene rings is 3. The van der Waals surface area contributed by atoms with Crippen molar-refractivity contribution in [2.45, 2.75) is 71.5 Å². The van der Waals surface area contributed by atoms with E-state index in [9.17, 15) is 18.0 Å². The summed E-state index contributed by atoms with van der Waals surface area (Å²) in [4.78, 5) is 28.8. The number of nitrogens with one attached hydrogen (secondary N) is 1. The predicted molar refractivity (Wildman–Crippen MR) is 163 cm³/mol. The van der Waals surface area contributed by atoms with E-state index in [-0.39, 0.29) is 17.3 Å². The highest BCUT2D eigenvalue weighted by Crippen LogP contribution is 2.27. The largest absolute Gasteiger partial charge is 0.497 e. The zero-order chi connectivity index (χ0) is 30.5. The lowest BCUT2D eigenvalue weighted by Gasteiger charge is -2.33. The van der Waals surface area contributed by atoms with E-state index in [2.05, 4.69) is 5.32 Å². The van der Waals surface area contributed by atoms with Gasteiger partial charge >= 0.3 is 0 Å². The first-order chi connectivity index (χ1) is 19.1. The third-order valence-corrected chi connectivity index (χ3v) is 8.61. The smallest absolute Gasteiger partial charge is 0.264 e. The van der Waals surface area contributed by atoms with Crippen LogP contribution in [0, 0.1) is 20.8 Å². The second-order valence-corrected chi connectivity index (χ2v) is 13.2. The quantitative estimate of drug-likeness (QED) is 0.359. The van der Waals surface area contributed by atoms with E-state index in [0.29, 0.717) is 11.4 Å². The SMILES string of the molecule is COc1cccc(CN(C(=O)CN(c2ccc(C)c(C)c2)S(=O)(=O)c2ccc(C)cc2)[C@H](C)C(=O)NC(C)(C)C)c1. The Bertz CT molecular complexity index is 1490. The lowest BCUT2D eigenvalue weighted by atomic mass is 10.1. The first-order valence-corrected chi connectivity index (χ1v) is 15.0. The molecule has 0 aromatic heterocycles. The van der Waals surface area contributed by atoms with Gasteiger partial charge in [-0.1, -0.05) is 35.9 Å². The van der Waals surface area contributed by atoms with E-state index in [1.807, 2.05) is 53.7 Å². The number of sulfonamides is 1. The molecule has 1 atom stereocenters. The molecule has 9 heteroatoms. The Morgan fingerprint density at radius 1 is 0.927 bits per heavy atom. The number of anilines is 1. The zero-order valence-corrected chi connectivity index (χ0v) is 26.0. The van der Waals surface area contributed by atoms with Crippen LogP contribution in [0.1, 0.15) is 49.9 Å². The fraction of sp³-hybridized carbons (Fsp3) is 0.375. The number of nitrogens with zero attached hydrogens (tertiary/aromatic N) is 2. The van der Waals surface area contributed by atoms with Crippen LogP contribution in [0.15, 0.2) is 71.6 Å². The number of hydrogen-bond acceptors (Lipinski definition) is 5. The van der Waals surface area contributed by atoms with Gasteiger partial charge in [0.15, 0.2) is 0 Å². The van der Waals surface area contributed by atoms with Crippen molar-refractivity contribution in [1.82, 2.24) is 10.2 Å². The number of rotatable bonds is 10. The standard InChI is InChI=1S/C32H41N3O5S/c1-22-12-16-29(17-13-22)41(38,39)35(27-15-14-23(2)24(3)18-27)21-30(36)34(25(4)31(37)33-32(5,6)7)20-26-10-9-11-28(19-26)40-8/h9-19,25H,20-21H2,1-8H3,(H,33,37)/t25-/m1/s1. The summed E-state index contributed by atoms with van der Waals surface area (Å²) in [6.07, 6.45) is 0. The van der Waals surface area contributed by atoms with Crippen molar-refractivity contribution in [2.24, 2.45) is 0 Å². The molecule has 0 aliphatic carbocycles. The Morgan fingerprint density at radius 3 is 2.17 bits per heavy atom. The molecule has 3 aromatic rings. The lowest BCUT2D eigenvalue weighted by molar-refractivity contribution is -0.140. The van der Waals surface area contributed by atoms with E-state index in [4.69, 9.17) is 4.74 Å². The molecule has 220 valence electrons. The zero-order valence-electron chi connectivity index (χ0n) is 25.2. The minimum absolute atomic E-state index is 0.0759. The maximum absolute atomic E-state index is 14.1. The van der Waals surface area contributed by atoms with Gasteiger partial charge in [0.25, 0.3) is 10.0 Å². The number of ether oxygens (including phenoxy) is 1. The number of carbonyl (C=O) groups excluding carboxylic acids is 2. The first kappa shape index (κ1) is 31.7. The Morgan fingerprint density at radius 2 is 1.59 bits per heavy atom. The Kier molecular flexibility index (Phi) is 9.86. The molecule has 0 heterocycles. The van der Waals surface area contributed by atoms with Crippen molar-refractivity contribution in [2.75, 3.05) is 18.0 Å². The fourth-order valence-corrected chi connectivity index (χ4v) is 5.68. The van der Waals surface area contributed by atoms with Crippen molar-refractivity contribution in [3.63, 3.8) is 0 Å². The van der Waals surface area contributed by atoms with Crippen LogP contribution in [-0.2, 0) is 26.2 Å². The second kappa shape index (κ2) is 12.8. The number of aryl methyl sites for hydroxylation is 3. The van der Waals surface area contributed by atoms with E-state index in [1.165, 1.54) is 17.0 Å². The number of carbonyl (C=O) groups is 2. The van der Waals surface area contributed by atoms with Crippen LogP contribution in [0.5, 0.6) is 5.75 Å². The Hall–Kier alpha value is -3.85. The first-order valence-electron chi connectivity index (χ1n) is 13.5. The third-order valence-electron chi connectivity index (χ3n) is 6.82. The van der Waals surface area contributed by atoms with Gasteiger partial charge in [0.2, 0.25) is 11.8 Å². The normalized spacial score (nSPS) is 12.4. The van der Waals surface area contributed by atoms with Gasteiger partial charge in [0.05, 0.1) is 17.7 Å². The number of amides is 2. The van der Waals surface area contributed by atoms with Crippen LogP contribution >= 0.6 is 0 Å². The minimum atomic E-state index is -4.12. The van der Waals surface area contributed by atoms with Crippen LogP contribution in [0.25, 0.3) is 0 Å². The summed E-state index contributed by atoms with van der Waals surface area (Å²) in [7, 11) is -2.57. The van der Waals surface area contributed by atoms with Crippen LogP contribution in [0.2, 0.25) is 0 Å². The van der Waals surface area contributed by atoms with Gasteiger partial charge < -0.3 is 15.0 Å². The maximum Gasteiger partial charge on any atom is 0.264 e. The lowest BCUT2D eigenvalue weighted by Crippen LogP contribution is -2.54. The fourth-order valence-electron chi connectivity index (χ4n) is 4.27. The minimum Gasteiger partial charge on any atom is -0.497 e. The van der Waals surface area contributed by atoms with Gasteiger partial charge in [-0.25, -0.2) is 8.42 Å². The average Bonchev–Trinajstić information content (AvgIpc) is 2.90. The van der Waals surface area contributed by atoms with Gasteiger partial charge in [0.1, 0.15) is 18.3 Å².